The van der Waals surface area contributed by atoms with E-state index in [0.717, 1.165) is 5.56 Å². The Bertz CT molecular complexity index is 738. The Morgan fingerprint density at radius 3 is 2.81 bits per heavy atom. The van der Waals surface area contributed by atoms with Crippen molar-refractivity contribution in [2.24, 2.45) is 0 Å². The molecule has 1 fully saturated rings. The highest BCUT2D eigenvalue weighted by Crippen LogP contribution is 2.18. The normalized spacial score (nSPS) is 19.8. The smallest absolute Gasteiger partial charge is 0.254 e. The molecule has 5 nitrogen and oxygen atoms in total. The topological polar surface area (TPSA) is 56.8 Å². The van der Waals surface area contributed by atoms with Gasteiger partial charge in [0.25, 0.3) is 5.91 Å². The van der Waals surface area contributed by atoms with Crippen molar-refractivity contribution in [2.45, 2.75) is 25.2 Å². The fourth-order valence-corrected chi connectivity index (χ4v) is 2.87. The number of carbonyl (C=O) groups is 1. The van der Waals surface area contributed by atoms with Gasteiger partial charge in [0.05, 0.1) is 31.9 Å². The molecule has 0 bridgehead atoms. The molecule has 3 rings (SSSR count). The summed E-state index contributed by atoms with van der Waals surface area (Å²) in [6, 6.07) is 13.7. The molecule has 0 spiro atoms. The van der Waals surface area contributed by atoms with Crippen LogP contribution in [0.15, 0.2) is 48.5 Å². The Hall–Kier alpha value is -2.44. The molecule has 1 saturated heterocycles. The maximum Gasteiger partial charge on any atom is 0.254 e. The average Bonchev–Trinajstić information content (AvgIpc) is 2.68. The minimum absolute atomic E-state index is 0.0147. The van der Waals surface area contributed by atoms with Gasteiger partial charge in [0.15, 0.2) is 0 Å². The van der Waals surface area contributed by atoms with Crippen LogP contribution in [0.4, 0.5) is 4.39 Å². The van der Waals surface area contributed by atoms with Gasteiger partial charge in [-0.3, -0.25) is 4.79 Å². The van der Waals surface area contributed by atoms with Gasteiger partial charge in [0, 0.05) is 12.7 Å². The Kier molecular flexibility index (Phi) is 6.20. The van der Waals surface area contributed by atoms with Gasteiger partial charge in [-0.05, 0) is 24.1 Å². The van der Waals surface area contributed by atoms with Crippen molar-refractivity contribution in [3.05, 3.63) is 65.5 Å². The highest BCUT2D eigenvalue weighted by molar-refractivity contribution is 5.94. The first-order valence-corrected chi connectivity index (χ1v) is 8.55. The van der Waals surface area contributed by atoms with Crippen molar-refractivity contribution < 1.29 is 23.4 Å². The van der Waals surface area contributed by atoms with Crippen molar-refractivity contribution in [2.75, 3.05) is 20.3 Å². The number of ether oxygens (including phenoxy) is 3. The molecule has 0 unspecified atom stereocenters. The predicted octanol–water partition coefficient (Wildman–Crippen LogP) is 2.94. The molecule has 138 valence electrons. The lowest BCUT2D eigenvalue weighted by Gasteiger charge is -2.32. The van der Waals surface area contributed by atoms with E-state index < -0.39 is 11.7 Å². The molecule has 2 aromatic rings. The fourth-order valence-electron chi connectivity index (χ4n) is 2.87. The second-order valence-corrected chi connectivity index (χ2v) is 6.12. The number of rotatable bonds is 6. The monoisotopic (exact) mass is 359 g/mol. The molecule has 2 aromatic carbocycles. The van der Waals surface area contributed by atoms with Gasteiger partial charge < -0.3 is 19.5 Å². The molecule has 1 heterocycles. The SMILES string of the molecule is COc1ccc(C(=O)N[C@@H]2CCOC[C@H]2OCc2ccccc2)c(F)c1. The van der Waals surface area contributed by atoms with Crippen LogP contribution < -0.4 is 10.1 Å². The third-order valence-electron chi connectivity index (χ3n) is 4.35. The van der Waals surface area contributed by atoms with E-state index in [9.17, 15) is 9.18 Å². The van der Waals surface area contributed by atoms with Crippen LogP contribution in [-0.2, 0) is 16.1 Å². The molecule has 1 amide bonds. The minimum Gasteiger partial charge on any atom is -0.497 e. The van der Waals surface area contributed by atoms with E-state index in [2.05, 4.69) is 5.32 Å². The zero-order valence-corrected chi connectivity index (χ0v) is 14.6. The number of hydrogen-bond acceptors (Lipinski definition) is 4. The van der Waals surface area contributed by atoms with Crippen LogP contribution in [0.25, 0.3) is 0 Å². The standard InChI is InChI=1S/C20H22FNO4/c1-24-15-7-8-16(17(21)11-15)20(23)22-18-9-10-25-13-19(18)26-12-14-5-3-2-4-6-14/h2-8,11,18-19H,9-10,12-13H2,1H3,(H,22,23)/t18-,19-/m1/s1. The van der Waals surface area contributed by atoms with E-state index in [4.69, 9.17) is 14.2 Å². The summed E-state index contributed by atoms with van der Waals surface area (Å²) < 4.78 is 30.5. The fraction of sp³-hybridized carbons (Fsp3) is 0.350. The maximum absolute atomic E-state index is 14.1. The summed E-state index contributed by atoms with van der Waals surface area (Å²) in [6.45, 7) is 1.35. The molecule has 1 aliphatic rings. The highest BCUT2D eigenvalue weighted by Gasteiger charge is 2.29. The van der Waals surface area contributed by atoms with Crippen LogP contribution in [0.2, 0.25) is 0 Å². The van der Waals surface area contributed by atoms with Crippen LogP contribution >= 0.6 is 0 Å². The van der Waals surface area contributed by atoms with Gasteiger partial charge in [-0.2, -0.15) is 0 Å². The van der Waals surface area contributed by atoms with Crippen LogP contribution in [0, 0.1) is 5.82 Å². The zero-order chi connectivity index (χ0) is 18.4. The Balaban J connectivity index is 1.63. The Labute approximate surface area is 152 Å². The van der Waals surface area contributed by atoms with Crippen molar-refractivity contribution in [3.63, 3.8) is 0 Å². The van der Waals surface area contributed by atoms with Crippen molar-refractivity contribution in [3.8, 4) is 5.75 Å². The van der Waals surface area contributed by atoms with Gasteiger partial charge in [-0.1, -0.05) is 30.3 Å². The van der Waals surface area contributed by atoms with Gasteiger partial charge >= 0.3 is 0 Å². The largest absolute Gasteiger partial charge is 0.497 e. The highest BCUT2D eigenvalue weighted by atomic mass is 19.1. The molecule has 2 atom stereocenters. The van der Waals surface area contributed by atoms with E-state index in [-0.39, 0.29) is 17.7 Å². The summed E-state index contributed by atoms with van der Waals surface area (Å²) in [6.07, 6.45) is 0.331. The Morgan fingerprint density at radius 1 is 1.27 bits per heavy atom. The van der Waals surface area contributed by atoms with Gasteiger partial charge in [-0.15, -0.1) is 0 Å². The van der Waals surface area contributed by atoms with E-state index >= 15 is 0 Å². The number of nitrogens with one attached hydrogen (secondary N) is 1. The molecule has 0 aliphatic carbocycles. The predicted molar refractivity (Wildman–Crippen MR) is 94.7 cm³/mol. The molecule has 1 N–H and O–H groups in total. The van der Waals surface area contributed by atoms with Crippen molar-refractivity contribution >= 4 is 5.91 Å². The molecule has 0 saturated carbocycles. The van der Waals surface area contributed by atoms with Gasteiger partial charge in [0.2, 0.25) is 0 Å². The van der Waals surface area contributed by atoms with Crippen molar-refractivity contribution in [1.82, 2.24) is 5.32 Å². The molecule has 6 heteroatoms. The van der Waals surface area contributed by atoms with Crippen LogP contribution in [-0.4, -0.2) is 38.4 Å². The molecule has 0 radical (unpaired) electrons. The maximum atomic E-state index is 14.1. The van der Waals surface area contributed by atoms with E-state index in [1.54, 1.807) is 6.07 Å². The minimum atomic E-state index is -0.615. The molecule has 0 aromatic heterocycles. The quantitative estimate of drug-likeness (QED) is 0.862. The average molecular weight is 359 g/mol. The van der Waals surface area contributed by atoms with E-state index in [1.165, 1.54) is 19.2 Å². The molecule has 1 aliphatic heterocycles. The first-order valence-electron chi connectivity index (χ1n) is 8.55. The second kappa shape index (κ2) is 8.78. The third-order valence-corrected chi connectivity index (χ3v) is 4.35. The van der Waals surface area contributed by atoms with Crippen LogP contribution in [0.1, 0.15) is 22.3 Å². The summed E-state index contributed by atoms with van der Waals surface area (Å²) >= 11 is 0. The summed E-state index contributed by atoms with van der Waals surface area (Å²) in [7, 11) is 1.45. The van der Waals surface area contributed by atoms with E-state index in [1.807, 2.05) is 30.3 Å². The first-order chi connectivity index (χ1) is 12.7. The van der Waals surface area contributed by atoms with Gasteiger partial charge in [-0.25, -0.2) is 4.39 Å². The number of halogens is 1. The Morgan fingerprint density at radius 2 is 2.08 bits per heavy atom. The van der Waals surface area contributed by atoms with Crippen molar-refractivity contribution in [1.29, 1.82) is 0 Å². The number of hydrogen-bond donors (Lipinski definition) is 1. The number of benzene rings is 2. The molecular weight excluding hydrogens is 337 g/mol. The summed E-state index contributed by atoms with van der Waals surface area (Å²) in [5, 5.41) is 2.88. The zero-order valence-electron chi connectivity index (χ0n) is 14.6. The first kappa shape index (κ1) is 18.4. The summed E-state index contributed by atoms with van der Waals surface area (Å²) in [5.74, 6) is -0.713. The van der Waals surface area contributed by atoms with E-state index in [0.29, 0.717) is 32.0 Å². The number of carbonyl (C=O) groups excluding carboxylic acids is 1. The second-order valence-electron chi connectivity index (χ2n) is 6.12. The summed E-state index contributed by atoms with van der Waals surface area (Å²) in [4.78, 5) is 12.5. The van der Waals surface area contributed by atoms with Crippen LogP contribution in [0.3, 0.4) is 0 Å². The lowest BCUT2D eigenvalue weighted by molar-refractivity contribution is -0.0736. The molecule has 26 heavy (non-hydrogen) atoms. The molecular formula is C20H22FNO4. The van der Waals surface area contributed by atoms with Gasteiger partial charge in [0.1, 0.15) is 17.7 Å². The number of amides is 1. The lowest BCUT2D eigenvalue weighted by Crippen LogP contribution is -2.50. The number of methoxy groups -OCH3 is 1. The summed E-state index contributed by atoms with van der Waals surface area (Å²) in [5.41, 5.74) is 1.03. The van der Waals surface area contributed by atoms with Crippen LogP contribution in [0.5, 0.6) is 5.75 Å². The third kappa shape index (κ3) is 4.59. The lowest BCUT2D eigenvalue weighted by atomic mass is 10.0.